The Hall–Kier alpha value is -2.21. The number of rotatable bonds is 5. The van der Waals surface area contributed by atoms with Gasteiger partial charge in [0.15, 0.2) is 5.82 Å². The Balaban J connectivity index is 1.41. The van der Waals surface area contributed by atoms with Gasteiger partial charge >= 0.3 is 0 Å². The van der Waals surface area contributed by atoms with E-state index in [9.17, 15) is 9.90 Å². The number of amides is 1. The normalized spacial score (nSPS) is 22.8. The highest BCUT2D eigenvalue weighted by Gasteiger charge is 2.34. The molecule has 1 saturated carbocycles. The number of hydrogen-bond acceptors (Lipinski definition) is 5. The smallest absolute Gasteiger partial charge is 0.229 e. The van der Waals surface area contributed by atoms with Crippen LogP contribution in [0.1, 0.15) is 68.1 Å². The molecule has 4 rings (SSSR count). The van der Waals surface area contributed by atoms with E-state index in [1.54, 1.807) is 6.92 Å². The van der Waals surface area contributed by atoms with Crippen LogP contribution in [0.15, 0.2) is 34.9 Å². The number of carbonyl (C=O) groups is 1. The lowest BCUT2D eigenvalue weighted by atomic mass is 9.91. The maximum Gasteiger partial charge on any atom is 0.229 e. The van der Waals surface area contributed by atoms with Gasteiger partial charge in [-0.25, -0.2) is 0 Å². The first-order chi connectivity index (χ1) is 12.5. The van der Waals surface area contributed by atoms with Crippen molar-refractivity contribution in [1.29, 1.82) is 0 Å². The Bertz CT molecular complexity index is 768. The molecule has 1 N–H and O–H groups in total. The lowest BCUT2D eigenvalue weighted by molar-refractivity contribution is -0.137. The summed E-state index contributed by atoms with van der Waals surface area (Å²) in [5.41, 5.74) is -0.412. The van der Waals surface area contributed by atoms with Crippen LogP contribution < -0.4 is 0 Å². The minimum absolute atomic E-state index is 0.0329. The van der Waals surface area contributed by atoms with E-state index in [0.29, 0.717) is 19.0 Å². The predicted molar refractivity (Wildman–Crippen MR) is 95.5 cm³/mol. The van der Waals surface area contributed by atoms with Gasteiger partial charge in [-0.3, -0.25) is 4.79 Å². The number of aromatic nitrogens is 2. The van der Waals surface area contributed by atoms with Crippen molar-refractivity contribution in [3.05, 3.63) is 47.6 Å². The van der Waals surface area contributed by atoms with Gasteiger partial charge in [0.25, 0.3) is 0 Å². The van der Waals surface area contributed by atoms with Crippen molar-refractivity contribution in [1.82, 2.24) is 15.0 Å². The minimum atomic E-state index is -1.17. The molecule has 1 aliphatic heterocycles. The van der Waals surface area contributed by atoms with Gasteiger partial charge in [0.2, 0.25) is 11.8 Å². The fourth-order valence-corrected chi connectivity index (χ4v) is 3.63. The highest BCUT2D eigenvalue weighted by molar-refractivity contribution is 5.77. The first-order valence-electron chi connectivity index (χ1n) is 9.42. The van der Waals surface area contributed by atoms with Crippen molar-refractivity contribution < 1.29 is 14.4 Å². The molecule has 0 bridgehead atoms. The second-order valence-electron chi connectivity index (χ2n) is 7.76. The zero-order valence-electron chi connectivity index (χ0n) is 15.1. The number of carbonyl (C=O) groups excluding carboxylic acids is 1. The fourth-order valence-electron chi connectivity index (χ4n) is 3.63. The van der Waals surface area contributed by atoms with E-state index in [1.807, 2.05) is 35.2 Å². The molecule has 2 atom stereocenters. The molecule has 1 saturated heterocycles. The Labute approximate surface area is 153 Å². The second kappa shape index (κ2) is 6.83. The number of likely N-dealkylation sites (tertiary alicyclic amines) is 1. The zero-order chi connectivity index (χ0) is 18.1. The van der Waals surface area contributed by atoms with Crippen LogP contribution in [0.25, 0.3) is 0 Å². The van der Waals surface area contributed by atoms with E-state index in [2.05, 4.69) is 10.1 Å². The molecule has 1 aromatic heterocycles. The van der Waals surface area contributed by atoms with Crippen LogP contribution in [0.2, 0.25) is 0 Å². The van der Waals surface area contributed by atoms with Gasteiger partial charge in [-0.05, 0) is 38.2 Å². The average Bonchev–Trinajstić information content (AvgIpc) is 3.39. The molecule has 0 radical (unpaired) electrons. The Morgan fingerprint density at radius 1 is 1.27 bits per heavy atom. The van der Waals surface area contributed by atoms with Crippen molar-refractivity contribution in [3.63, 3.8) is 0 Å². The van der Waals surface area contributed by atoms with Gasteiger partial charge in [-0.15, -0.1) is 0 Å². The molecule has 6 nitrogen and oxygen atoms in total. The highest BCUT2D eigenvalue weighted by atomic mass is 16.5. The summed E-state index contributed by atoms with van der Waals surface area (Å²) in [5.74, 6) is 1.99. The molecule has 0 spiro atoms. The van der Waals surface area contributed by atoms with Crippen LogP contribution in [0.3, 0.4) is 0 Å². The van der Waals surface area contributed by atoms with Crippen molar-refractivity contribution in [3.8, 4) is 0 Å². The molecular formula is C20H25N3O3. The second-order valence-corrected chi connectivity index (χ2v) is 7.76. The first-order valence-corrected chi connectivity index (χ1v) is 9.42. The molecule has 1 aromatic carbocycles. The van der Waals surface area contributed by atoms with E-state index in [4.69, 9.17) is 4.52 Å². The number of aliphatic hydroxyl groups is 1. The van der Waals surface area contributed by atoms with E-state index >= 15 is 0 Å². The molecule has 2 aliphatic rings. The molecule has 2 aromatic rings. The summed E-state index contributed by atoms with van der Waals surface area (Å²) in [6.07, 6.45) is 4.21. The number of piperidine rings is 1. The molecular weight excluding hydrogens is 330 g/mol. The van der Waals surface area contributed by atoms with Gasteiger partial charge in [0.05, 0.1) is 12.0 Å². The Kier molecular flexibility index (Phi) is 4.53. The number of nitrogens with zero attached hydrogens (tertiary/aromatic N) is 3. The van der Waals surface area contributed by atoms with Gasteiger partial charge in [-0.2, -0.15) is 4.98 Å². The van der Waals surface area contributed by atoms with Crippen molar-refractivity contribution in [2.45, 2.75) is 56.5 Å². The van der Waals surface area contributed by atoms with E-state index in [-0.39, 0.29) is 18.2 Å². The van der Waals surface area contributed by atoms with Gasteiger partial charge in [0, 0.05) is 24.9 Å². The summed E-state index contributed by atoms with van der Waals surface area (Å²) in [6, 6.07) is 9.35. The molecule has 2 fully saturated rings. The lowest BCUT2D eigenvalue weighted by Crippen LogP contribution is -2.42. The van der Waals surface area contributed by atoms with Crippen LogP contribution >= 0.6 is 0 Å². The topological polar surface area (TPSA) is 79.5 Å². The van der Waals surface area contributed by atoms with E-state index in [1.165, 1.54) is 0 Å². The highest BCUT2D eigenvalue weighted by Crippen LogP contribution is 2.39. The van der Waals surface area contributed by atoms with Crippen LogP contribution in [-0.2, 0) is 10.4 Å². The van der Waals surface area contributed by atoms with E-state index < -0.39 is 5.60 Å². The first kappa shape index (κ1) is 17.2. The van der Waals surface area contributed by atoms with Gasteiger partial charge in [-0.1, -0.05) is 35.5 Å². The molecule has 2 unspecified atom stereocenters. The quantitative estimate of drug-likeness (QED) is 0.892. The monoisotopic (exact) mass is 355 g/mol. The largest absolute Gasteiger partial charge is 0.385 e. The maximum atomic E-state index is 12.8. The SMILES string of the molecule is CC(O)(CC(=O)N1CCCC(c2noc(C3CC3)n2)C1)c1ccccc1. The van der Waals surface area contributed by atoms with Crippen LogP contribution in [0, 0.1) is 0 Å². The molecule has 1 aliphatic carbocycles. The molecule has 138 valence electrons. The average molecular weight is 355 g/mol. The standard InChI is InChI=1S/C20H25N3O3/c1-20(25,16-7-3-2-4-8-16)12-17(24)23-11-5-6-15(13-23)18-21-19(26-22-18)14-9-10-14/h2-4,7-8,14-15,25H,5-6,9-13H2,1H3. The fraction of sp³-hybridized carbons (Fsp3) is 0.550. The summed E-state index contributed by atoms with van der Waals surface area (Å²) in [6.45, 7) is 3.00. The number of benzene rings is 1. The van der Waals surface area contributed by atoms with Gasteiger partial charge < -0.3 is 14.5 Å². The van der Waals surface area contributed by atoms with E-state index in [0.717, 1.165) is 43.0 Å². The molecule has 26 heavy (non-hydrogen) atoms. The predicted octanol–water partition coefficient (Wildman–Crippen LogP) is 2.95. The third-order valence-electron chi connectivity index (χ3n) is 5.41. The van der Waals surface area contributed by atoms with Crippen molar-refractivity contribution in [2.24, 2.45) is 0 Å². The van der Waals surface area contributed by atoms with Crippen LogP contribution in [0.5, 0.6) is 0 Å². The third-order valence-corrected chi connectivity index (χ3v) is 5.41. The van der Waals surface area contributed by atoms with Crippen LogP contribution in [-0.4, -0.2) is 39.1 Å². The van der Waals surface area contributed by atoms with Crippen molar-refractivity contribution >= 4 is 5.91 Å². The summed E-state index contributed by atoms with van der Waals surface area (Å²) in [7, 11) is 0. The molecule has 1 amide bonds. The third kappa shape index (κ3) is 3.65. The Morgan fingerprint density at radius 2 is 2.04 bits per heavy atom. The summed E-state index contributed by atoms with van der Waals surface area (Å²) < 4.78 is 5.37. The van der Waals surface area contributed by atoms with Crippen molar-refractivity contribution in [2.75, 3.05) is 13.1 Å². The lowest BCUT2D eigenvalue weighted by Gasteiger charge is -2.33. The Morgan fingerprint density at radius 3 is 2.77 bits per heavy atom. The van der Waals surface area contributed by atoms with Crippen LogP contribution in [0.4, 0.5) is 0 Å². The molecule has 2 heterocycles. The number of hydrogen-bond donors (Lipinski definition) is 1. The van der Waals surface area contributed by atoms with Gasteiger partial charge in [0.1, 0.15) is 0 Å². The zero-order valence-corrected chi connectivity index (χ0v) is 15.1. The molecule has 6 heteroatoms. The summed E-state index contributed by atoms with van der Waals surface area (Å²) in [4.78, 5) is 19.2. The summed E-state index contributed by atoms with van der Waals surface area (Å²) >= 11 is 0. The maximum absolute atomic E-state index is 12.8. The minimum Gasteiger partial charge on any atom is -0.385 e. The summed E-state index contributed by atoms with van der Waals surface area (Å²) in [5, 5.41) is 14.9.